The van der Waals surface area contributed by atoms with Crippen molar-refractivity contribution in [3.05, 3.63) is 0 Å². The van der Waals surface area contributed by atoms with Crippen molar-refractivity contribution in [2.24, 2.45) is 0 Å². The van der Waals surface area contributed by atoms with Crippen LogP contribution in [-0.4, -0.2) is 62.4 Å². The zero-order chi connectivity index (χ0) is 17.1. The molecule has 0 unspecified atom stereocenters. The molecule has 1 aliphatic heterocycles. The van der Waals surface area contributed by atoms with Crippen LogP contribution < -0.4 is 5.32 Å². The van der Waals surface area contributed by atoms with Gasteiger partial charge >= 0.3 is 6.09 Å². The maximum Gasteiger partial charge on any atom is 0.411 e. The number of ether oxygens (including phenoxy) is 1. The third-order valence-corrected chi connectivity index (χ3v) is 3.48. The zero-order valence-corrected chi connectivity index (χ0v) is 14.4. The van der Waals surface area contributed by atoms with Gasteiger partial charge in [-0.25, -0.2) is 4.79 Å². The molecule has 9 heteroatoms. The fourth-order valence-corrected chi connectivity index (χ4v) is 2.81. The second kappa shape index (κ2) is 6.82. The Bertz CT molecular complexity index is 525. The molecule has 0 aromatic carbocycles. The SMILES string of the molecule is CCNC(=O)[C@@H]1C[C@@H](OS(C)(=O)=O)CN1C(=O)OC(C)(C)C. The Hall–Kier alpha value is -1.35. The lowest BCUT2D eigenvalue weighted by atomic mass is 10.2. The predicted octanol–water partition coefficient (Wildman–Crippen LogP) is 0.477. The monoisotopic (exact) mass is 336 g/mol. The number of hydrogen-bond donors (Lipinski definition) is 1. The smallest absolute Gasteiger partial charge is 0.411 e. The van der Waals surface area contributed by atoms with E-state index in [2.05, 4.69) is 5.32 Å². The molecule has 0 aliphatic carbocycles. The van der Waals surface area contributed by atoms with Crippen molar-refractivity contribution in [2.45, 2.75) is 51.9 Å². The van der Waals surface area contributed by atoms with Crippen LogP contribution in [0.3, 0.4) is 0 Å². The Balaban J connectivity index is 2.89. The zero-order valence-electron chi connectivity index (χ0n) is 13.6. The van der Waals surface area contributed by atoms with Crippen LogP contribution >= 0.6 is 0 Å². The van der Waals surface area contributed by atoms with Crippen LogP contribution in [0.5, 0.6) is 0 Å². The normalized spacial score (nSPS) is 22.5. The molecular formula is C13H24N2O6S. The summed E-state index contributed by atoms with van der Waals surface area (Å²) in [5.74, 6) is -0.354. The van der Waals surface area contributed by atoms with E-state index >= 15 is 0 Å². The number of carbonyl (C=O) groups excluding carboxylic acids is 2. The van der Waals surface area contributed by atoms with Crippen molar-refractivity contribution >= 4 is 22.1 Å². The molecule has 1 saturated heterocycles. The van der Waals surface area contributed by atoms with Gasteiger partial charge in [-0.15, -0.1) is 0 Å². The van der Waals surface area contributed by atoms with Gasteiger partial charge in [-0.1, -0.05) is 0 Å². The first-order valence-electron chi connectivity index (χ1n) is 7.08. The van der Waals surface area contributed by atoms with Crippen LogP contribution in [0.15, 0.2) is 0 Å². The van der Waals surface area contributed by atoms with Crippen molar-refractivity contribution < 1.29 is 26.9 Å². The summed E-state index contributed by atoms with van der Waals surface area (Å²) in [7, 11) is -3.66. The molecule has 1 N–H and O–H groups in total. The van der Waals surface area contributed by atoms with E-state index in [1.165, 1.54) is 4.90 Å². The van der Waals surface area contributed by atoms with Gasteiger partial charge in [-0.3, -0.25) is 13.9 Å². The Labute approximate surface area is 131 Å². The molecule has 128 valence electrons. The van der Waals surface area contributed by atoms with Gasteiger partial charge in [0.25, 0.3) is 10.1 Å². The number of hydrogen-bond acceptors (Lipinski definition) is 6. The van der Waals surface area contributed by atoms with Crippen molar-refractivity contribution in [3.8, 4) is 0 Å². The van der Waals surface area contributed by atoms with Crippen LogP contribution in [0.1, 0.15) is 34.1 Å². The lowest BCUT2D eigenvalue weighted by Gasteiger charge is -2.27. The van der Waals surface area contributed by atoms with Crippen molar-refractivity contribution in [2.75, 3.05) is 19.3 Å². The fraction of sp³-hybridized carbons (Fsp3) is 0.846. The van der Waals surface area contributed by atoms with Crippen LogP contribution in [0.25, 0.3) is 0 Å². The second-order valence-corrected chi connectivity index (χ2v) is 7.80. The highest BCUT2D eigenvalue weighted by Crippen LogP contribution is 2.24. The minimum Gasteiger partial charge on any atom is -0.444 e. The first kappa shape index (κ1) is 18.7. The first-order valence-corrected chi connectivity index (χ1v) is 8.90. The molecule has 0 spiro atoms. The summed E-state index contributed by atoms with van der Waals surface area (Å²) in [6.45, 7) is 7.31. The standard InChI is InChI=1S/C13H24N2O6S/c1-6-14-11(16)10-7-9(21-22(5,18)19)8-15(10)12(17)20-13(2,3)4/h9-10H,6-8H2,1-5H3,(H,14,16)/t9-,10+/m1/s1. The molecule has 0 aromatic heterocycles. The lowest BCUT2D eigenvalue weighted by Crippen LogP contribution is -2.47. The molecule has 1 heterocycles. The average molecular weight is 336 g/mol. The molecule has 0 radical (unpaired) electrons. The topological polar surface area (TPSA) is 102 Å². The first-order chi connectivity index (χ1) is 9.93. The molecule has 1 fully saturated rings. The van der Waals surface area contributed by atoms with E-state index in [0.717, 1.165) is 6.26 Å². The molecule has 1 aliphatic rings. The summed E-state index contributed by atoms with van der Waals surface area (Å²) < 4.78 is 32.6. The highest BCUT2D eigenvalue weighted by atomic mass is 32.2. The number of nitrogens with one attached hydrogen (secondary N) is 1. The largest absolute Gasteiger partial charge is 0.444 e. The van der Waals surface area contributed by atoms with Gasteiger partial charge in [0.05, 0.1) is 18.9 Å². The Morgan fingerprint density at radius 2 is 1.91 bits per heavy atom. The highest BCUT2D eigenvalue weighted by molar-refractivity contribution is 7.86. The number of rotatable bonds is 4. The number of amides is 2. The molecular weight excluding hydrogens is 312 g/mol. The third kappa shape index (κ3) is 5.80. The lowest BCUT2D eigenvalue weighted by molar-refractivity contribution is -0.125. The second-order valence-electron chi connectivity index (χ2n) is 6.20. The summed E-state index contributed by atoms with van der Waals surface area (Å²) >= 11 is 0. The van der Waals surface area contributed by atoms with Gasteiger partial charge in [0, 0.05) is 13.0 Å². The molecule has 0 saturated carbocycles. The molecule has 1 rings (SSSR count). The van der Waals surface area contributed by atoms with E-state index in [9.17, 15) is 18.0 Å². The Morgan fingerprint density at radius 1 is 1.32 bits per heavy atom. The third-order valence-electron chi connectivity index (χ3n) is 2.86. The van der Waals surface area contributed by atoms with E-state index in [4.69, 9.17) is 8.92 Å². The molecule has 0 bridgehead atoms. The summed E-state index contributed by atoms with van der Waals surface area (Å²) in [5, 5.41) is 2.63. The van der Waals surface area contributed by atoms with E-state index in [-0.39, 0.29) is 18.9 Å². The van der Waals surface area contributed by atoms with Crippen LogP contribution in [0.4, 0.5) is 4.79 Å². The predicted molar refractivity (Wildman–Crippen MR) is 79.7 cm³/mol. The van der Waals surface area contributed by atoms with E-state index in [1.807, 2.05) is 0 Å². The Kier molecular flexibility index (Phi) is 5.80. The average Bonchev–Trinajstić information content (AvgIpc) is 2.68. The summed E-state index contributed by atoms with van der Waals surface area (Å²) in [6, 6.07) is -0.804. The van der Waals surface area contributed by atoms with E-state index in [1.54, 1.807) is 27.7 Å². The van der Waals surface area contributed by atoms with Crippen molar-refractivity contribution in [1.29, 1.82) is 0 Å². The maximum absolute atomic E-state index is 12.2. The minimum atomic E-state index is -3.66. The number of likely N-dealkylation sites (tertiary alicyclic amines) is 1. The van der Waals surface area contributed by atoms with Crippen LogP contribution in [-0.2, 0) is 23.8 Å². The van der Waals surface area contributed by atoms with Crippen LogP contribution in [0.2, 0.25) is 0 Å². The molecule has 0 aromatic rings. The highest BCUT2D eigenvalue weighted by Gasteiger charge is 2.42. The molecule has 8 nitrogen and oxygen atoms in total. The quantitative estimate of drug-likeness (QED) is 0.749. The summed E-state index contributed by atoms with van der Waals surface area (Å²) in [6.07, 6.45) is -0.374. The summed E-state index contributed by atoms with van der Waals surface area (Å²) in [5.41, 5.74) is -0.710. The Morgan fingerprint density at radius 3 is 2.36 bits per heavy atom. The van der Waals surface area contributed by atoms with Crippen LogP contribution in [0, 0.1) is 0 Å². The van der Waals surface area contributed by atoms with Gasteiger partial charge in [0.1, 0.15) is 11.6 Å². The molecule has 22 heavy (non-hydrogen) atoms. The van der Waals surface area contributed by atoms with E-state index < -0.39 is 34.0 Å². The molecule has 2 atom stereocenters. The molecule has 2 amide bonds. The van der Waals surface area contributed by atoms with Gasteiger partial charge < -0.3 is 10.1 Å². The van der Waals surface area contributed by atoms with Gasteiger partial charge in [-0.2, -0.15) is 8.42 Å². The minimum absolute atomic E-state index is 0.0101. The van der Waals surface area contributed by atoms with Gasteiger partial charge in [-0.05, 0) is 27.7 Å². The fourth-order valence-electron chi connectivity index (χ4n) is 2.18. The summed E-state index contributed by atoms with van der Waals surface area (Å²) in [4.78, 5) is 25.5. The van der Waals surface area contributed by atoms with Gasteiger partial charge in [0.2, 0.25) is 5.91 Å². The van der Waals surface area contributed by atoms with Crippen molar-refractivity contribution in [1.82, 2.24) is 10.2 Å². The maximum atomic E-state index is 12.2. The number of likely N-dealkylation sites (N-methyl/N-ethyl adjacent to an activating group) is 1. The number of nitrogens with zero attached hydrogens (tertiary/aromatic N) is 1. The number of carbonyl (C=O) groups is 2. The van der Waals surface area contributed by atoms with Crippen molar-refractivity contribution in [3.63, 3.8) is 0 Å². The van der Waals surface area contributed by atoms with E-state index in [0.29, 0.717) is 6.54 Å². The van der Waals surface area contributed by atoms with Gasteiger partial charge in [0.15, 0.2) is 0 Å².